The zero-order valence-electron chi connectivity index (χ0n) is 16.4. The van der Waals surface area contributed by atoms with Gasteiger partial charge in [-0.2, -0.15) is 0 Å². The van der Waals surface area contributed by atoms with Crippen LogP contribution in [0.3, 0.4) is 0 Å². The number of urea groups is 1. The van der Waals surface area contributed by atoms with Crippen LogP contribution in [-0.4, -0.2) is 63.2 Å². The Bertz CT molecular complexity index is 1210. The molecule has 1 N–H and O–H groups in total. The number of carbonyl (C=O) groups excluding carboxylic acids is 1. The summed E-state index contributed by atoms with van der Waals surface area (Å²) in [5, 5.41) is 14.8. The molecule has 0 atom stereocenters. The zero-order chi connectivity index (χ0) is 20.5. The van der Waals surface area contributed by atoms with E-state index in [1.54, 1.807) is 17.4 Å². The summed E-state index contributed by atoms with van der Waals surface area (Å²) in [5.74, 6) is 1.60. The van der Waals surface area contributed by atoms with Gasteiger partial charge in [0.1, 0.15) is 0 Å². The number of benzene rings is 1. The van der Waals surface area contributed by atoms with E-state index in [0.717, 1.165) is 33.2 Å². The number of carbonyl (C=O) groups is 1. The summed E-state index contributed by atoms with van der Waals surface area (Å²) < 4.78 is 2.04. The van der Waals surface area contributed by atoms with E-state index in [2.05, 4.69) is 27.0 Å². The molecule has 30 heavy (non-hydrogen) atoms. The Balaban J connectivity index is 1.54. The quantitative estimate of drug-likeness (QED) is 0.515. The van der Waals surface area contributed by atoms with Gasteiger partial charge in [0, 0.05) is 38.1 Å². The Morgan fingerprint density at radius 2 is 1.97 bits per heavy atom. The molecule has 9 heteroatoms. The Hall–Kier alpha value is -3.46. The topological polar surface area (TPSA) is 78.7 Å². The molecule has 0 saturated carbocycles. The van der Waals surface area contributed by atoms with Gasteiger partial charge in [0.2, 0.25) is 5.95 Å². The molecule has 152 valence electrons. The van der Waals surface area contributed by atoms with Gasteiger partial charge < -0.3 is 15.1 Å². The highest BCUT2D eigenvalue weighted by Gasteiger charge is 2.25. The molecule has 0 radical (unpaired) electrons. The average Bonchev–Trinajstić information content (AvgIpc) is 3.47. The maximum atomic E-state index is 12.3. The van der Waals surface area contributed by atoms with Crippen LogP contribution in [0.5, 0.6) is 0 Å². The van der Waals surface area contributed by atoms with Crippen molar-refractivity contribution in [2.75, 3.05) is 37.6 Å². The second-order valence-electron chi connectivity index (χ2n) is 7.04. The number of fused-ring (bicyclic) bond motifs is 3. The molecule has 1 fully saturated rings. The van der Waals surface area contributed by atoms with Crippen LogP contribution in [0.4, 0.5) is 10.7 Å². The highest BCUT2D eigenvalue weighted by molar-refractivity contribution is 7.13. The van der Waals surface area contributed by atoms with Gasteiger partial charge >= 0.3 is 6.03 Å². The maximum absolute atomic E-state index is 12.3. The number of para-hydroxylation sites is 1. The van der Waals surface area contributed by atoms with E-state index in [-0.39, 0.29) is 6.03 Å². The monoisotopic (exact) mass is 419 g/mol. The molecule has 0 spiro atoms. The lowest BCUT2D eigenvalue weighted by Crippen LogP contribution is -2.52. The molecule has 0 unspecified atom stereocenters. The van der Waals surface area contributed by atoms with Crippen molar-refractivity contribution in [3.05, 3.63) is 54.4 Å². The van der Waals surface area contributed by atoms with Crippen molar-refractivity contribution < 1.29 is 4.79 Å². The molecule has 8 nitrogen and oxygen atoms in total. The Morgan fingerprint density at radius 1 is 1.13 bits per heavy atom. The Morgan fingerprint density at radius 3 is 2.73 bits per heavy atom. The summed E-state index contributed by atoms with van der Waals surface area (Å²) in [6.07, 6.45) is 1.68. The number of nitrogens with one attached hydrogen (secondary N) is 1. The number of hydrogen-bond acceptors (Lipinski definition) is 6. The highest BCUT2D eigenvalue weighted by Crippen LogP contribution is 2.30. The fourth-order valence-electron chi connectivity index (χ4n) is 3.72. The summed E-state index contributed by atoms with van der Waals surface area (Å²) in [4.78, 5) is 22.3. The Kier molecular flexibility index (Phi) is 4.80. The van der Waals surface area contributed by atoms with E-state index in [0.29, 0.717) is 32.7 Å². The first-order valence-corrected chi connectivity index (χ1v) is 10.7. The van der Waals surface area contributed by atoms with Crippen molar-refractivity contribution in [1.29, 1.82) is 0 Å². The zero-order valence-corrected chi connectivity index (χ0v) is 17.2. The van der Waals surface area contributed by atoms with Gasteiger partial charge in [0.05, 0.1) is 10.4 Å². The fraction of sp³-hybridized carbons (Fsp3) is 0.238. The molecule has 0 bridgehead atoms. The van der Waals surface area contributed by atoms with Crippen molar-refractivity contribution >= 4 is 39.9 Å². The SMILES string of the molecule is C=CCNC(=O)N1CCN(c2nc3ccccc3c3nnc(-c4cccs4)n23)CC1. The van der Waals surface area contributed by atoms with E-state index in [1.807, 2.05) is 51.1 Å². The van der Waals surface area contributed by atoms with Crippen LogP contribution in [0.1, 0.15) is 0 Å². The number of piperazine rings is 1. The van der Waals surface area contributed by atoms with Crippen LogP contribution in [0, 0.1) is 0 Å². The second kappa shape index (κ2) is 7.75. The van der Waals surface area contributed by atoms with Gasteiger partial charge in [-0.25, -0.2) is 14.2 Å². The van der Waals surface area contributed by atoms with Crippen LogP contribution in [0.2, 0.25) is 0 Å². The predicted molar refractivity (Wildman–Crippen MR) is 119 cm³/mol. The number of aromatic nitrogens is 4. The summed E-state index contributed by atoms with van der Waals surface area (Å²) in [5.41, 5.74) is 1.68. The largest absolute Gasteiger partial charge is 0.338 e. The van der Waals surface area contributed by atoms with E-state index in [9.17, 15) is 4.79 Å². The first-order chi connectivity index (χ1) is 14.8. The number of amides is 2. The van der Waals surface area contributed by atoms with Gasteiger partial charge in [-0.1, -0.05) is 24.3 Å². The number of anilines is 1. The number of rotatable bonds is 4. The number of thiophene rings is 1. The third-order valence-electron chi connectivity index (χ3n) is 5.22. The molecule has 1 aliphatic rings. The lowest BCUT2D eigenvalue weighted by atomic mass is 10.2. The predicted octanol–water partition coefficient (Wildman–Crippen LogP) is 3.02. The summed E-state index contributed by atoms with van der Waals surface area (Å²) >= 11 is 1.63. The summed E-state index contributed by atoms with van der Waals surface area (Å²) in [6, 6.07) is 12.0. The normalized spacial score (nSPS) is 14.4. The minimum atomic E-state index is -0.0604. The first kappa shape index (κ1) is 18.6. The molecule has 0 aliphatic carbocycles. The van der Waals surface area contributed by atoms with E-state index in [4.69, 9.17) is 4.98 Å². The van der Waals surface area contributed by atoms with Gasteiger partial charge in [-0.05, 0) is 23.6 Å². The van der Waals surface area contributed by atoms with Gasteiger partial charge in [0.25, 0.3) is 0 Å². The van der Waals surface area contributed by atoms with Crippen LogP contribution in [0.15, 0.2) is 54.4 Å². The molecule has 4 heterocycles. The lowest BCUT2D eigenvalue weighted by molar-refractivity contribution is 0.195. The van der Waals surface area contributed by atoms with E-state index in [1.165, 1.54) is 0 Å². The molecule has 1 aromatic carbocycles. The van der Waals surface area contributed by atoms with Crippen LogP contribution in [-0.2, 0) is 0 Å². The van der Waals surface area contributed by atoms with Crippen LogP contribution in [0.25, 0.3) is 27.3 Å². The minimum absolute atomic E-state index is 0.0604. The van der Waals surface area contributed by atoms with Gasteiger partial charge in [-0.15, -0.1) is 28.1 Å². The average molecular weight is 420 g/mol. The number of nitrogens with zero attached hydrogens (tertiary/aromatic N) is 6. The number of hydrogen-bond donors (Lipinski definition) is 1. The smallest absolute Gasteiger partial charge is 0.317 e. The van der Waals surface area contributed by atoms with Crippen molar-refractivity contribution in [2.24, 2.45) is 0 Å². The lowest BCUT2D eigenvalue weighted by Gasteiger charge is -2.35. The summed E-state index contributed by atoms with van der Waals surface area (Å²) in [6.45, 7) is 6.72. The standard InChI is InChI=1S/C21H21N7OS/c1-2-9-22-21(29)27-12-10-26(11-13-27)20-23-16-7-4-3-6-15(16)18-24-25-19(28(18)20)17-8-5-14-30-17/h2-8,14H,1,9-13H2,(H,22,29). The van der Waals surface area contributed by atoms with Crippen molar-refractivity contribution in [3.8, 4) is 10.7 Å². The molecule has 5 rings (SSSR count). The molecule has 1 aliphatic heterocycles. The van der Waals surface area contributed by atoms with Crippen LogP contribution < -0.4 is 10.2 Å². The van der Waals surface area contributed by atoms with Gasteiger partial charge in [0.15, 0.2) is 11.5 Å². The minimum Gasteiger partial charge on any atom is -0.338 e. The second-order valence-corrected chi connectivity index (χ2v) is 7.99. The molecule has 2 amide bonds. The van der Waals surface area contributed by atoms with Crippen molar-refractivity contribution in [1.82, 2.24) is 29.8 Å². The van der Waals surface area contributed by atoms with Gasteiger partial charge in [-0.3, -0.25) is 0 Å². The van der Waals surface area contributed by atoms with E-state index < -0.39 is 0 Å². The third-order valence-corrected chi connectivity index (χ3v) is 6.08. The molecule has 4 aromatic rings. The van der Waals surface area contributed by atoms with Crippen LogP contribution >= 0.6 is 11.3 Å². The third kappa shape index (κ3) is 3.17. The molecular weight excluding hydrogens is 398 g/mol. The molecular formula is C21H21N7OS. The highest BCUT2D eigenvalue weighted by atomic mass is 32.1. The Labute approximate surface area is 177 Å². The first-order valence-electron chi connectivity index (χ1n) is 9.82. The summed E-state index contributed by atoms with van der Waals surface area (Å²) in [7, 11) is 0. The molecule has 3 aromatic heterocycles. The van der Waals surface area contributed by atoms with Crippen molar-refractivity contribution in [3.63, 3.8) is 0 Å². The van der Waals surface area contributed by atoms with E-state index >= 15 is 0 Å². The molecule has 1 saturated heterocycles. The maximum Gasteiger partial charge on any atom is 0.317 e. The van der Waals surface area contributed by atoms with Crippen molar-refractivity contribution in [2.45, 2.75) is 0 Å². The fourth-order valence-corrected chi connectivity index (χ4v) is 4.42.